The minimum Gasteiger partial charge on any atom is -0.414 e. The second-order valence-corrected chi connectivity index (χ2v) is 15.6. The summed E-state index contributed by atoms with van der Waals surface area (Å²) >= 11 is 0. The third-order valence-electron chi connectivity index (χ3n) is 6.29. The summed E-state index contributed by atoms with van der Waals surface area (Å²) in [6, 6.07) is 0. The largest absolute Gasteiger partial charge is 0.414 e. The Morgan fingerprint density at radius 1 is 1.35 bits per heavy atom. The molecule has 4 atom stereocenters. The lowest BCUT2D eigenvalue weighted by molar-refractivity contribution is -0.0566. The van der Waals surface area contributed by atoms with Gasteiger partial charge in [0, 0.05) is 11.8 Å². The molecule has 0 saturated carbocycles. The molecule has 31 heavy (non-hydrogen) atoms. The van der Waals surface area contributed by atoms with Crippen LogP contribution in [-0.2, 0) is 23.5 Å². The zero-order chi connectivity index (χ0) is 23.6. The van der Waals surface area contributed by atoms with E-state index in [0.29, 0.717) is 0 Å². The summed E-state index contributed by atoms with van der Waals surface area (Å²) in [5, 5.41) is 11.7. The van der Waals surface area contributed by atoms with Crippen LogP contribution in [0.15, 0.2) is 26.9 Å². The van der Waals surface area contributed by atoms with Gasteiger partial charge in [0.25, 0.3) is 15.7 Å². The molecule has 0 radical (unpaired) electrons. The van der Waals surface area contributed by atoms with Crippen LogP contribution >= 0.6 is 0 Å². The molecule has 2 aliphatic rings. The molecule has 1 fully saturated rings. The second-order valence-electron chi connectivity index (χ2n) is 9.45. The van der Waals surface area contributed by atoms with Crippen molar-refractivity contribution in [1.29, 1.82) is 0 Å². The fourth-order valence-corrected chi connectivity index (χ4v) is 5.61. The van der Waals surface area contributed by atoms with Crippen LogP contribution in [0.4, 0.5) is 0 Å². The molecular weight excluding hydrogens is 446 g/mol. The molecule has 0 aromatic carbocycles. The number of aryl methyl sites for hydroxylation is 1. The fraction of sp³-hybridized carbons (Fsp3) is 0.667. The van der Waals surface area contributed by atoms with E-state index in [1.165, 1.54) is 13.1 Å². The van der Waals surface area contributed by atoms with E-state index < -0.39 is 53.7 Å². The molecule has 0 amide bonds. The van der Waals surface area contributed by atoms with E-state index in [1.54, 1.807) is 0 Å². The van der Waals surface area contributed by atoms with Gasteiger partial charge in [0.15, 0.2) is 20.1 Å². The summed E-state index contributed by atoms with van der Waals surface area (Å²) in [5.41, 5.74) is 2.59. The minimum atomic E-state index is -4.18. The second kappa shape index (κ2) is 7.39. The molecule has 1 unspecified atom stereocenters. The van der Waals surface area contributed by atoms with Gasteiger partial charge in [-0.3, -0.25) is 14.3 Å². The van der Waals surface area contributed by atoms with Crippen molar-refractivity contribution in [3.63, 3.8) is 0 Å². The highest BCUT2D eigenvalue weighted by molar-refractivity contribution is 7.90. The minimum absolute atomic E-state index is 0.120. The summed E-state index contributed by atoms with van der Waals surface area (Å²) in [6.07, 6.45) is -2.94. The Labute approximate surface area is 181 Å². The summed E-state index contributed by atoms with van der Waals surface area (Å²) in [5.74, 6) is 0. The summed E-state index contributed by atoms with van der Waals surface area (Å²) in [6.45, 7) is 11.5. The molecule has 1 aromatic heterocycles. The highest BCUT2D eigenvalue weighted by atomic mass is 32.2. The summed E-state index contributed by atoms with van der Waals surface area (Å²) < 4.78 is 42.7. The standard InChI is InChI=1S/C18H29N3O8SSi/c1-10-7-21(16(24)20-14(10)23)15-13(22)18(11(19)9-30(25,26)29-18)12(28-15)8-27-31(5,6)17(2,3)4/h7,9,12-13,15,22H,8,19H2,1-6H3,(H,20,23,24)/t12-,13+,15-,18?/m1/s1. The number of aliphatic hydroxyl groups is 1. The van der Waals surface area contributed by atoms with Gasteiger partial charge in [0.2, 0.25) is 0 Å². The maximum atomic E-state index is 12.4. The van der Waals surface area contributed by atoms with Crippen molar-refractivity contribution in [3.8, 4) is 0 Å². The third-order valence-corrected chi connectivity index (χ3v) is 11.8. The van der Waals surface area contributed by atoms with E-state index in [9.17, 15) is 23.1 Å². The van der Waals surface area contributed by atoms with E-state index >= 15 is 0 Å². The average Bonchev–Trinajstić information content (AvgIpc) is 3.02. The molecular formula is C18H29N3O8SSi. The topological polar surface area (TPSA) is 163 Å². The van der Waals surface area contributed by atoms with Crippen molar-refractivity contribution >= 4 is 18.4 Å². The molecule has 2 aliphatic heterocycles. The van der Waals surface area contributed by atoms with Crippen LogP contribution in [0.1, 0.15) is 32.6 Å². The van der Waals surface area contributed by atoms with Crippen LogP contribution < -0.4 is 17.0 Å². The molecule has 1 aromatic rings. The maximum Gasteiger partial charge on any atom is 0.330 e. The number of rotatable bonds is 4. The van der Waals surface area contributed by atoms with Gasteiger partial charge in [-0.2, -0.15) is 8.42 Å². The molecule has 3 rings (SSSR count). The van der Waals surface area contributed by atoms with E-state index in [1.807, 2.05) is 33.9 Å². The molecule has 0 aliphatic carbocycles. The third kappa shape index (κ3) is 3.94. The van der Waals surface area contributed by atoms with Crippen LogP contribution in [-0.4, -0.2) is 55.8 Å². The number of hydrogen-bond donors (Lipinski definition) is 3. The van der Waals surface area contributed by atoms with Crippen LogP contribution in [0.25, 0.3) is 0 Å². The van der Waals surface area contributed by atoms with Crippen molar-refractivity contribution in [2.45, 2.75) is 69.9 Å². The summed E-state index contributed by atoms with van der Waals surface area (Å²) in [4.78, 5) is 26.2. The highest BCUT2D eigenvalue weighted by Crippen LogP contribution is 2.47. The van der Waals surface area contributed by atoms with Gasteiger partial charge < -0.3 is 20.0 Å². The van der Waals surface area contributed by atoms with Crippen LogP contribution in [0.3, 0.4) is 0 Å². The van der Waals surface area contributed by atoms with Crippen molar-refractivity contribution in [2.75, 3.05) is 6.61 Å². The Morgan fingerprint density at radius 2 is 1.97 bits per heavy atom. The van der Waals surface area contributed by atoms with E-state index in [-0.39, 0.29) is 22.9 Å². The van der Waals surface area contributed by atoms with E-state index in [4.69, 9.17) is 19.1 Å². The number of nitrogens with two attached hydrogens (primary N) is 1. The Hall–Kier alpha value is -1.77. The number of aromatic amines is 1. The fourth-order valence-electron chi connectivity index (χ4n) is 3.37. The van der Waals surface area contributed by atoms with Gasteiger partial charge in [-0.15, -0.1) is 0 Å². The highest BCUT2D eigenvalue weighted by Gasteiger charge is 2.65. The van der Waals surface area contributed by atoms with Crippen LogP contribution in [0.5, 0.6) is 0 Å². The van der Waals surface area contributed by atoms with Crippen molar-refractivity contribution < 1.29 is 26.9 Å². The first-order chi connectivity index (χ1) is 14.0. The zero-order valence-corrected chi connectivity index (χ0v) is 20.1. The van der Waals surface area contributed by atoms with E-state index in [2.05, 4.69) is 4.98 Å². The normalized spacial score (nSPS) is 30.7. The van der Waals surface area contributed by atoms with Crippen molar-refractivity contribution in [3.05, 3.63) is 43.7 Å². The number of nitrogens with one attached hydrogen (secondary N) is 1. The van der Waals surface area contributed by atoms with Gasteiger partial charge in [-0.1, -0.05) is 20.8 Å². The Kier molecular flexibility index (Phi) is 5.69. The SMILES string of the molecule is Cc1cn([C@@H]2O[C@H](CO[Si](C)(C)C(C)(C)C)C3(OS(=O)(=O)C=C3N)[C@H]2O)c(=O)[nH]c1=O. The Bertz CT molecular complexity index is 1130. The van der Waals surface area contributed by atoms with Gasteiger partial charge >= 0.3 is 5.69 Å². The number of aliphatic hydroxyl groups excluding tert-OH is 1. The first kappa shape index (κ1) is 23.9. The summed E-state index contributed by atoms with van der Waals surface area (Å²) in [7, 11) is -6.47. The monoisotopic (exact) mass is 475 g/mol. The first-order valence-electron chi connectivity index (χ1n) is 9.75. The molecule has 4 N–H and O–H groups in total. The molecule has 174 valence electrons. The predicted octanol–water partition coefficient (Wildman–Crippen LogP) is 0.0240. The van der Waals surface area contributed by atoms with Gasteiger partial charge in [0.1, 0.15) is 12.2 Å². The Morgan fingerprint density at radius 3 is 2.48 bits per heavy atom. The van der Waals surface area contributed by atoms with Gasteiger partial charge in [-0.05, 0) is 25.1 Å². The van der Waals surface area contributed by atoms with E-state index in [0.717, 1.165) is 9.98 Å². The van der Waals surface area contributed by atoms with Crippen molar-refractivity contribution in [1.82, 2.24) is 9.55 Å². The first-order valence-corrected chi connectivity index (χ1v) is 14.1. The molecule has 1 saturated heterocycles. The maximum absolute atomic E-state index is 12.4. The van der Waals surface area contributed by atoms with Crippen LogP contribution in [0, 0.1) is 6.92 Å². The number of ether oxygens (including phenoxy) is 1. The van der Waals surface area contributed by atoms with Gasteiger partial charge in [0.05, 0.1) is 17.7 Å². The molecule has 0 bridgehead atoms. The Balaban J connectivity index is 2.05. The number of H-pyrrole nitrogens is 1. The molecule has 3 heterocycles. The lowest BCUT2D eigenvalue weighted by Crippen LogP contribution is -2.55. The number of aromatic nitrogens is 2. The quantitative estimate of drug-likeness (QED) is 0.402. The number of nitrogens with zero attached hydrogens (tertiary/aromatic N) is 1. The lowest BCUT2D eigenvalue weighted by Gasteiger charge is -2.38. The van der Waals surface area contributed by atoms with Crippen LogP contribution in [0.2, 0.25) is 18.1 Å². The van der Waals surface area contributed by atoms with Gasteiger partial charge in [-0.25, -0.2) is 8.98 Å². The lowest BCUT2D eigenvalue weighted by atomic mass is 9.89. The number of hydrogen-bond acceptors (Lipinski definition) is 9. The van der Waals surface area contributed by atoms with Crippen molar-refractivity contribution in [2.24, 2.45) is 5.73 Å². The smallest absolute Gasteiger partial charge is 0.330 e. The zero-order valence-electron chi connectivity index (χ0n) is 18.3. The molecule has 1 spiro atoms. The predicted molar refractivity (Wildman–Crippen MR) is 114 cm³/mol. The molecule has 13 heteroatoms. The average molecular weight is 476 g/mol. The molecule has 11 nitrogen and oxygen atoms in total.